The maximum atomic E-state index is 10.4. The van der Waals surface area contributed by atoms with Crippen molar-refractivity contribution in [3.05, 3.63) is 65.7 Å². The minimum atomic E-state index is -0.864. The predicted octanol–water partition coefficient (Wildman–Crippen LogP) is 3.91. The van der Waals surface area contributed by atoms with Gasteiger partial charge in [-0.3, -0.25) is 0 Å². The Labute approximate surface area is 128 Å². The van der Waals surface area contributed by atoms with E-state index in [-0.39, 0.29) is 0 Å². The summed E-state index contributed by atoms with van der Waals surface area (Å²) >= 11 is 0. The zero-order valence-corrected chi connectivity index (χ0v) is 11.8. The molecule has 0 fully saturated rings. The van der Waals surface area contributed by atoms with Crippen LogP contribution >= 0.6 is 0 Å². The van der Waals surface area contributed by atoms with Crippen LogP contribution in [0.3, 0.4) is 0 Å². The number of hydrogen-bond acceptors (Lipinski definition) is 2. The molecule has 2 aliphatic rings. The van der Waals surface area contributed by atoms with Gasteiger partial charge in [0, 0.05) is 0 Å². The second-order valence-corrected chi connectivity index (χ2v) is 6.00. The molecule has 0 bridgehead atoms. The Bertz CT molecular complexity index is 969. The molecular formula is C20H14O2. The minimum Gasteiger partial charge on any atom is -0.386 e. The normalized spacial score (nSPS) is 21.0. The highest BCUT2D eigenvalue weighted by atomic mass is 16.3. The fraction of sp³-hybridized carbons (Fsp3) is 0.100. The molecule has 0 aromatic heterocycles. The van der Waals surface area contributed by atoms with E-state index >= 15 is 0 Å². The van der Waals surface area contributed by atoms with Crippen molar-refractivity contribution in [3.63, 3.8) is 0 Å². The van der Waals surface area contributed by atoms with Gasteiger partial charge in [0.1, 0.15) is 12.2 Å². The molecule has 2 aliphatic carbocycles. The van der Waals surface area contributed by atoms with Crippen LogP contribution in [-0.2, 0) is 0 Å². The molecule has 0 spiro atoms. The summed E-state index contributed by atoms with van der Waals surface area (Å²) in [7, 11) is 0. The summed E-state index contributed by atoms with van der Waals surface area (Å²) in [5.41, 5.74) is 6.68. The topological polar surface area (TPSA) is 40.5 Å². The molecule has 5 rings (SSSR count). The van der Waals surface area contributed by atoms with Crippen LogP contribution < -0.4 is 0 Å². The monoisotopic (exact) mass is 286 g/mol. The Morgan fingerprint density at radius 1 is 0.773 bits per heavy atom. The Morgan fingerprint density at radius 2 is 1.50 bits per heavy atom. The van der Waals surface area contributed by atoms with Gasteiger partial charge in [-0.15, -0.1) is 0 Å². The molecule has 2 heteroatoms. The molecule has 2 unspecified atom stereocenters. The van der Waals surface area contributed by atoms with Crippen LogP contribution in [0, 0.1) is 0 Å². The molecule has 0 heterocycles. The van der Waals surface area contributed by atoms with Gasteiger partial charge in [0.05, 0.1) is 0 Å². The number of fused-ring (bicyclic) bond motifs is 5. The van der Waals surface area contributed by atoms with E-state index in [1.54, 1.807) is 6.08 Å². The lowest BCUT2D eigenvalue weighted by atomic mass is 9.86. The molecule has 3 aromatic rings. The average Bonchev–Trinajstić information content (AvgIpc) is 2.88. The third-order valence-electron chi connectivity index (χ3n) is 4.84. The van der Waals surface area contributed by atoms with Gasteiger partial charge in [0.15, 0.2) is 0 Å². The van der Waals surface area contributed by atoms with Crippen molar-refractivity contribution in [2.24, 2.45) is 0 Å². The first kappa shape index (κ1) is 12.2. The molecule has 106 valence electrons. The number of aliphatic hydroxyl groups is 2. The number of hydrogen-bond donors (Lipinski definition) is 2. The Hall–Kier alpha value is -2.42. The van der Waals surface area contributed by atoms with Crippen LogP contribution in [0.1, 0.15) is 17.2 Å². The summed E-state index contributed by atoms with van der Waals surface area (Å²) in [5.74, 6) is 0. The number of rotatable bonds is 0. The van der Waals surface area contributed by atoms with E-state index in [4.69, 9.17) is 0 Å². The molecule has 0 aliphatic heterocycles. The third kappa shape index (κ3) is 1.36. The molecule has 0 saturated heterocycles. The van der Waals surface area contributed by atoms with E-state index in [0.29, 0.717) is 0 Å². The molecule has 0 radical (unpaired) electrons. The molecule has 2 N–H and O–H groups in total. The van der Waals surface area contributed by atoms with Crippen LogP contribution in [-0.4, -0.2) is 16.3 Å². The van der Waals surface area contributed by atoms with Crippen molar-refractivity contribution in [2.45, 2.75) is 12.2 Å². The van der Waals surface area contributed by atoms with Crippen LogP contribution in [0.15, 0.2) is 54.6 Å². The molecule has 0 amide bonds. The molecular weight excluding hydrogens is 272 g/mol. The van der Waals surface area contributed by atoms with Crippen molar-refractivity contribution >= 4 is 16.8 Å². The van der Waals surface area contributed by atoms with Crippen LogP contribution in [0.25, 0.3) is 39.1 Å². The largest absolute Gasteiger partial charge is 0.386 e. The minimum absolute atomic E-state index is 0.811. The SMILES string of the molecule is OC1C=Cc2c(cc3c4c(cccc24)-c2ccccc2-3)C1O. The summed E-state index contributed by atoms with van der Waals surface area (Å²) in [6, 6.07) is 16.7. The van der Waals surface area contributed by atoms with E-state index in [1.165, 1.54) is 22.1 Å². The van der Waals surface area contributed by atoms with Crippen LogP contribution in [0.2, 0.25) is 0 Å². The highest BCUT2D eigenvalue weighted by molar-refractivity contribution is 6.17. The Morgan fingerprint density at radius 3 is 2.32 bits per heavy atom. The maximum absolute atomic E-state index is 10.4. The third-order valence-corrected chi connectivity index (χ3v) is 4.84. The smallest absolute Gasteiger partial charge is 0.109 e. The quantitative estimate of drug-likeness (QED) is 0.514. The van der Waals surface area contributed by atoms with Gasteiger partial charge in [0.2, 0.25) is 0 Å². The van der Waals surface area contributed by atoms with Gasteiger partial charge >= 0.3 is 0 Å². The summed E-state index contributed by atoms with van der Waals surface area (Å²) in [6.07, 6.45) is 1.90. The van der Waals surface area contributed by atoms with Crippen molar-refractivity contribution in [1.29, 1.82) is 0 Å². The van der Waals surface area contributed by atoms with Crippen LogP contribution in [0.5, 0.6) is 0 Å². The van der Waals surface area contributed by atoms with Gasteiger partial charge in [-0.05, 0) is 50.2 Å². The zero-order chi connectivity index (χ0) is 14.8. The first-order valence-electron chi connectivity index (χ1n) is 7.49. The summed E-state index contributed by atoms with van der Waals surface area (Å²) in [6.45, 7) is 0. The van der Waals surface area contributed by atoms with Gasteiger partial charge < -0.3 is 10.2 Å². The van der Waals surface area contributed by atoms with Gasteiger partial charge in [-0.1, -0.05) is 54.6 Å². The first-order chi connectivity index (χ1) is 10.8. The zero-order valence-electron chi connectivity index (χ0n) is 11.8. The van der Waals surface area contributed by atoms with Crippen molar-refractivity contribution in [1.82, 2.24) is 0 Å². The lowest BCUT2D eigenvalue weighted by Gasteiger charge is -2.24. The van der Waals surface area contributed by atoms with Crippen molar-refractivity contribution in [3.8, 4) is 22.3 Å². The summed E-state index contributed by atoms with van der Waals surface area (Å²) in [4.78, 5) is 0. The standard InChI is InChI=1S/C20H14O2/c21-18-9-8-13-15-7-3-6-14-11-4-1-2-5-12(11)16(19(14)15)10-17(13)20(18)22/h1-10,18,20-22H. The van der Waals surface area contributed by atoms with E-state index in [1.807, 2.05) is 18.2 Å². The van der Waals surface area contributed by atoms with E-state index in [9.17, 15) is 10.2 Å². The van der Waals surface area contributed by atoms with Crippen molar-refractivity contribution < 1.29 is 10.2 Å². The Balaban J connectivity index is 1.98. The summed E-state index contributed by atoms with van der Waals surface area (Å²) in [5, 5.41) is 22.7. The molecule has 2 nitrogen and oxygen atoms in total. The lowest BCUT2D eigenvalue weighted by molar-refractivity contribution is 0.0471. The highest BCUT2D eigenvalue weighted by Crippen LogP contribution is 2.50. The van der Waals surface area contributed by atoms with Gasteiger partial charge in [0.25, 0.3) is 0 Å². The van der Waals surface area contributed by atoms with E-state index in [2.05, 4.69) is 36.4 Å². The Kier molecular flexibility index (Phi) is 2.25. The molecule has 3 aromatic carbocycles. The molecule has 22 heavy (non-hydrogen) atoms. The molecule has 0 saturated carbocycles. The van der Waals surface area contributed by atoms with Gasteiger partial charge in [-0.25, -0.2) is 0 Å². The van der Waals surface area contributed by atoms with E-state index in [0.717, 1.165) is 22.1 Å². The highest BCUT2D eigenvalue weighted by Gasteiger charge is 2.28. The number of aliphatic hydroxyl groups excluding tert-OH is 2. The summed E-state index contributed by atoms with van der Waals surface area (Å²) < 4.78 is 0. The molecule has 2 atom stereocenters. The van der Waals surface area contributed by atoms with E-state index < -0.39 is 12.2 Å². The number of benzene rings is 3. The average molecular weight is 286 g/mol. The fourth-order valence-corrected chi connectivity index (χ4v) is 3.83. The second kappa shape index (κ2) is 4.07. The maximum Gasteiger partial charge on any atom is 0.109 e. The fourth-order valence-electron chi connectivity index (χ4n) is 3.83. The lowest BCUT2D eigenvalue weighted by Crippen LogP contribution is -2.19. The van der Waals surface area contributed by atoms with Gasteiger partial charge in [-0.2, -0.15) is 0 Å². The second-order valence-electron chi connectivity index (χ2n) is 6.00. The first-order valence-corrected chi connectivity index (χ1v) is 7.49. The van der Waals surface area contributed by atoms with Crippen LogP contribution in [0.4, 0.5) is 0 Å². The predicted molar refractivity (Wildman–Crippen MR) is 88.4 cm³/mol. The van der Waals surface area contributed by atoms with Crippen molar-refractivity contribution in [2.75, 3.05) is 0 Å².